The van der Waals surface area contributed by atoms with Crippen LogP contribution in [0.4, 0.5) is 5.13 Å². The van der Waals surface area contributed by atoms with Gasteiger partial charge in [0.15, 0.2) is 15.0 Å². The lowest BCUT2D eigenvalue weighted by molar-refractivity contribution is -0.118. The molecule has 2 N–H and O–H groups in total. The largest absolute Gasteiger partial charge is 0.381 e. The van der Waals surface area contributed by atoms with Gasteiger partial charge >= 0.3 is 0 Å². The number of anilines is 1. The second-order valence-corrected chi connectivity index (χ2v) is 10.3. The van der Waals surface area contributed by atoms with E-state index in [0.29, 0.717) is 29.1 Å². The Labute approximate surface area is 171 Å². The van der Waals surface area contributed by atoms with Gasteiger partial charge in [0.05, 0.1) is 17.0 Å². The summed E-state index contributed by atoms with van der Waals surface area (Å²) in [7, 11) is -3.70. The van der Waals surface area contributed by atoms with Crippen molar-refractivity contribution in [3.05, 3.63) is 38.7 Å². The van der Waals surface area contributed by atoms with E-state index in [9.17, 15) is 18.0 Å². The Kier molecular flexibility index (Phi) is 6.54. The third-order valence-corrected chi connectivity index (χ3v) is 6.83. The zero-order chi connectivity index (χ0) is 20.3. The minimum atomic E-state index is -3.70. The summed E-state index contributed by atoms with van der Waals surface area (Å²) in [4.78, 5) is 32.0. The van der Waals surface area contributed by atoms with Crippen molar-refractivity contribution in [2.24, 2.45) is 5.92 Å². The number of carbonyl (C=O) groups is 1. The number of nitrogens with one attached hydrogen (secondary N) is 2. The van der Waals surface area contributed by atoms with Gasteiger partial charge in [0, 0.05) is 31.2 Å². The number of hydrogen-bond acceptors (Lipinski definition) is 7. The van der Waals surface area contributed by atoms with Crippen LogP contribution in [0.5, 0.6) is 0 Å². The zero-order valence-corrected chi connectivity index (χ0v) is 17.5. The lowest BCUT2D eigenvalue weighted by atomic mass is 9.85. The summed E-state index contributed by atoms with van der Waals surface area (Å²) in [5.74, 6) is -1.30. The SMILES string of the molecule is CS(=O)(=O)c1cc[nH]c(=O)c1[C@@H](CC1CCOCC1)C(=O)Nc1ncc(Cl)s1. The van der Waals surface area contributed by atoms with E-state index in [-0.39, 0.29) is 16.4 Å². The van der Waals surface area contributed by atoms with Gasteiger partial charge < -0.3 is 15.0 Å². The highest BCUT2D eigenvalue weighted by molar-refractivity contribution is 7.90. The van der Waals surface area contributed by atoms with Crippen LogP contribution in [0.3, 0.4) is 0 Å². The average molecular weight is 446 g/mol. The maximum absolute atomic E-state index is 13.1. The Morgan fingerprint density at radius 2 is 2.18 bits per heavy atom. The number of thiazole rings is 1. The Hall–Kier alpha value is -1.75. The van der Waals surface area contributed by atoms with Crippen molar-refractivity contribution in [3.63, 3.8) is 0 Å². The van der Waals surface area contributed by atoms with Gasteiger partial charge in [0.25, 0.3) is 5.56 Å². The Bertz CT molecular complexity index is 1010. The molecule has 1 atom stereocenters. The molecule has 0 bridgehead atoms. The predicted molar refractivity (Wildman–Crippen MR) is 107 cm³/mol. The molecule has 0 radical (unpaired) electrons. The molecule has 0 aliphatic carbocycles. The van der Waals surface area contributed by atoms with Crippen LogP contribution in [0, 0.1) is 5.92 Å². The number of H-pyrrole nitrogens is 1. The Balaban J connectivity index is 2.01. The highest BCUT2D eigenvalue weighted by Crippen LogP contribution is 2.32. The van der Waals surface area contributed by atoms with Crippen LogP contribution in [0.1, 0.15) is 30.7 Å². The van der Waals surface area contributed by atoms with Gasteiger partial charge in [-0.15, -0.1) is 0 Å². The first kappa shape index (κ1) is 21.0. The molecular formula is C17H20ClN3O5S2. The minimum absolute atomic E-state index is 0.0448. The number of pyridine rings is 1. The molecule has 0 unspecified atom stereocenters. The van der Waals surface area contributed by atoms with E-state index >= 15 is 0 Å². The standard InChI is InChI=1S/C17H20ClN3O5S2/c1-28(24,25)12-2-5-19-16(23)14(12)11(8-10-3-6-26-7-4-10)15(22)21-17-20-9-13(18)27-17/h2,5,9-11H,3-4,6-8H2,1H3,(H,19,23)(H,20,21,22)/t11-/m1/s1. The van der Waals surface area contributed by atoms with E-state index < -0.39 is 27.2 Å². The molecule has 1 amide bonds. The Morgan fingerprint density at radius 1 is 1.46 bits per heavy atom. The van der Waals surface area contributed by atoms with Crippen LogP contribution in [0.2, 0.25) is 4.34 Å². The molecule has 1 aliphatic rings. The number of hydrogen-bond donors (Lipinski definition) is 2. The number of rotatable bonds is 6. The fourth-order valence-corrected chi connectivity index (χ4v) is 5.07. The van der Waals surface area contributed by atoms with E-state index in [1.807, 2.05) is 0 Å². The summed E-state index contributed by atoms with van der Waals surface area (Å²) in [6.45, 7) is 1.15. The molecule has 28 heavy (non-hydrogen) atoms. The Morgan fingerprint density at radius 3 is 2.79 bits per heavy atom. The number of sulfone groups is 1. The quantitative estimate of drug-likeness (QED) is 0.704. The number of nitrogens with zero attached hydrogens (tertiary/aromatic N) is 1. The topological polar surface area (TPSA) is 118 Å². The fraction of sp³-hybridized carbons (Fsp3) is 0.471. The van der Waals surface area contributed by atoms with Crippen molar-refractivity contribution in [1.82, 2.24) is 9.97 Å². The molecule has 1 saturated heterocycles. The van der Waals surface area contributed by atoms with Gasteiger partial charge in [-0.3, -0.25) is 9.59 Å². The highest BCUT2D eigenvalue weighted by atomic mass is 35.5. The van der Waals surface area contributed by atoms with Crippen molar-refractivity contribution < 1.29 is 17.9 Å². The van der Waals surface area contributed by atoms with Gasteiger partial charge in [-0.05, 0) is 31.2 Å². The van der Waals surface area contributed by atoms with E-state index in [1.54, 1.807) is 0 Å². The summed E-state index contributed by atoms with van der Waals surface area (Å²) in [5.41, 5.74) is -0.635. The normalized spacial score (nSPS) is 16.6. The minimum Gasteiger partial charge on any atom is -0.381 e. The molecule has 2 aromatic rings. The average Bonchev–Trinajstić information content (AvgIpc) is 3.04. The number of aromatic nitrogens is 2. The number of ether oxygens (including phenoxy) is 1. The van der Waals surface area contributed by atoms with Crippen LogP contribution in [0.15, 0.2) is 28.2 Å². The van der Waals surface area contributed by atoms with Crippen molar-refractivity contribution >= 4 is 43.8 Å². The first-order valence-electron chi connectivity index (χ1n) is 8.67. The van der Waals surface area contributed by atoms with Crippen molar-refractivity contribution in [2.75, 3.05) is 24.8 Å². The first-order valence-corrected chi connectivity index (χ1v) is 11.8. The van der Waals surface area contributed by atoms with Crippen LogP contribution in [-0.2, 0) is 19.4 Å². The highest BCUT2D eigenvalue weighted by Gasteiger charge is 2.32. The van der Waals surface area contributed by atoms with Crippen molar-refractivity contribution in [2.45, 2.75) is 30.1 Å². The van der Waals surface area contributed by atoms with Gasteiger partial charge in [-0.25, -0.2) is 13.4 Å². The molecule has 11 heteroatoms. The molecule has 0 aromatic carbocycles. The summed E-state index contributed by atoms with van der Waals surface area (Å²) in [6, 6.07) is 1.32. The molecule has 152 valence electrons. The van der Waals surface area contributed by atoms with Gasteiger partial charge in [-0.2, -0.15) is 0 Å². The molecule has 1 fully saturated rings. The van der Waals surface area contributed by atoms with E-state index in [1.165, 1.54) is 18.5 Å². The smallest absolute Gasteiger partial charge is 0.253 e. The van der Waals surface area contributed by atoms with E-state index in [4.69, 9.17) is 16.3 Å². The lowest BCUT2D eigenvalue weighted by Crippen LogP contribution is -2.31. The first-order chi connectivity index (χ1) is 13.3. The molecular weight excluding hydrogens is 426 g/mol. The van der Waals surface area contributed by atoms with E-state index in [0.717, 1.165) is 30.4 Å². The second-order valence-electron chi connectivity index (χ2n) is 6.66. The molecule has 2 aromatic heterocycles. The number of carbonyl (C=O) groups excluding carboxylic acids is 1. The van der Waals surface area contributed by atoms with Crippen LogP contribution >= 0.6 is 22.9 Å². The summed E-state index contributed by atoms with van der Waals surface area (Å²) < 4.78 is 30.3. The van der Waals surface area contributed by atoms with Gasteiger partial charge in [-0.1, -0.05) is 22.9 Å². The molecule has 1 aliphatic heterocycles. The number of amides is 1. The maximum atomic E-state index is 13.1. The molecule has 0 saturated carbocycles. The monoisotopic (exact) mass is 445 g/mol. The van der Waals surface area contributed by atoms with Crippen molar-refractivity contribution in [1.29, 1.82) is 0 Å². The summed E-state index contributed by atoms with van der Waals surface area (Å²) in [5, 5.41) is 2.95. The molecule has 3 rings (SSSR count). The predicted octanol–water partition coefficient (Wildman–Crippen LogP) is 2.43. The second kappa shape index (κ2) is 8.73. The molecule has 3 heterocycles. The fourth-order valence-electron chi connectivity index (χ4n) is 3.30. The summed E-state index contributed by atoms with van der Waals surface area (Å²) in [6.07, 6.45) is 5.52. The third-order valence-electron chi connectivity index (χ3n) is 4.64. The summed E-state index contributed by atoms with van der Waals surface area (Å²) >= 11 is 6.95. The maximum Gasteiger partial charge on any atom is 0.253 e. The number of halogens is 1. The van der Waals surface area contributed by atoms with E-state index in [2.05, 4.69) is 15.3 Å². The van der Waals surface area contributed by atoms with Gasteiger partial charge in [0.2, 0.25) is 5.91 Å². The van der Waals surface area contributed by atoms with Gasteiger partial charge in [0.1, 0.15) is 4.34 Å². The number of aromatic amines is 1. The zero-order valence-electron chi connectivity index (χ0n) is 15.1. The van der Waals surface area contributed by atoms with Crippen molar-refractivity contribution in [3.8, 4) is 0 Å². The molecule has 8 nitrogen and oxygen atoms in total. The van der Waals surface area contributed by atoms with Crippen LogP contribution in [0.25, 0.3) is 0 Å². The third kappa shape index (κ3) is 4.99. The molecule has 0 spiro atoms. The lowest BCUT2D eigenvalue weighted by Gasteiger charge is -2.26. The van der Waals surface area contributed by atoms with Crippen LogP contribution < -0.4 is 10.9 Å². The van der Waals surface area contributed by atoms with Crippen LogP contribution in [-0.4, -0.2) is 43.8 Å².